The summed E-state index contributed by atoms with van der Waals surface area (Å²) in [6.07, 6.45) is 1.53. The molecule has 0 radical (unpaired) electrons. The third-order valence-electron chi connectivity index (χ3n) is 3.10. The quantitative estimate of drug-likeness (QED) is 0.704. The van der Waals surface area contributed by atoms with Crippen LogP contribution in [0.5, 0.6) is 0 Å². The second-order valence-corrected chi connectivity index (χ2v) is 6.28. The van der Waals surface area contributed by atoms with E-state index in [0.717, 1.165) is 10.2 Å². The fourth-order valence-electron chi connectivity index (χ4n) is 2.00. The number of rotatable bonds is 2. The van der Waals surface area contributed by atoms with E-state index in [4.69, 9.17) is 0 Å². The lowest BCUT2D eigenvalue weighted by molar-refractivity contribution is 0.692. The number of halogens is 1. The van der Waals surface area contributed by atoms with Crippen molar-refractivity contribution in [1.29, 1.82) is 5.26 Å². The van der Waals surface area contributed by atoms with Crippen LogP contribution >= 0.6 is 27.3 Å². The van der Waals surface area contributed by atoms with E-state index in [9.17, 15) is 10.1 Å². The number of thiazole rings is 1. The number of nitrogens with zero attached hydrogens (tertiary/aromatic N) is 4. The maximum absolute atomic E-state index is 11.9. The van der Waals surface area contributed by atoms with Crippen molar-refractivity contribution in [2.45, 2.75) is 5.92 Å². The zero-order valence-electron chi connectivity index (χ0n) is 10.9. The van der Waals surface area contributed by atoms with Crippen molar-refractivity contribution in [3.8, 4) is 6.07 Å². The molecule has 0 N–H and O–H groups in total. The highest BCUT2D eigenvalue weighted by atomic mass is 79.9. The molecule has 0 fully saturated rings. The topological polar surface area (TPSA) is 71.6 Å². The second kappa shape index (κ2) is 5.39. The minimum atomic E-state index is -0.613. The molecular formula is C14H9BrN4OS. The molecule has 5 nitrogen and oxygen atoms in total. The molecule has 0 amide bonds. The number of fused-ring (bicyclic) bond motifs is 1. The molecule has 2 heterocycles. The molecule has 0 aliphatic carbocycles. The van der Waals surface area contributed by atoms with E-state index >= 15 is 0 Å². The number of nitriles is 1. The molecule has 0 spiro atoms. The Hall–Kier alpha value is -2.04. The van der Waals surface area contributed by atoms with E-state index in [-0.39, 0.29) is 5.56 Å². The van der Waals surface area contributed by atoms with Gasteiger partial charge in [0.05, 0.1) is 27.0 Å². The van der Waals surface area contributed by atoms with Crippen LogP contribution in [0.1, 0.15) is 16.5 Å². The predicted octanol–water partition coefficient (Wildman–Crippen LogP) is 2.81. The summed E-state index contributed by atoms with van der Waals surface area (Å²) >= 11 is 4.72. The van der Waals surface area contributed by atoms with Gasteiger partial charge in [-0.25, -0.2) is 9.67 Å². The van der Waals surface area contributed by atoms with Crippen LogP contribution in [0, 0.1) is 11.3 Å². The average molecular weight is 361 g/mol. The normalized spacial score (nSPS) is 12.2. The Morgan fingerprint density at radius 2 is 2.19 bits per heavy atom. The summed E-state index contributed by atoms with van der Waals surface area (Å²) in [5, 5.41) is 14.2. The highest BCUT2D eigenvalue weighted by Gasteiger charge is 2.22. The zero-order valence-corrected chi connectivity index (χ0v) is 13.3. The van der Waals surface area contributed by atoms with Crippen LogP contribution in [0.2, 0.25) is 0 Å². The number of hydrogen-bond acceptors (Lipinski definition) is 5. The molecular weight excluding hydrogens is 352 g/mol. The minimum absolute atomic E-state index is 0.270. The number of aromatic nitrogens is 3. The van der Waals surface area contributed by atoms with Crippen molar-refractivity contribution >= 4 is 37.5 Å². The van der Waals surface area contributed by atoms with Gasteiger partial charge >= 0.3 is 0 Å². The maximum Gasteiger partial charge on any atom is 0.281 e. The standard InChI is InChI=1S/C14H9BrN4OS/c1-19-14(20)12(15)9(7-17-19)8(6-16)13-18-10-4-2-3-5-11(10)21-13/h2-5,7-8H,1H3. The van der Waals surface area contributed by atoms with Crippen LogP contribution in [-0.4, -0.2) is 14.8 Å². The molecule has 1 atom stereocenters. The number of para-hydroxylation sites is 1. The SMILES string of the molecule is Cn1ncc(C(C#N)c2nc3ccccc3s2)c(Br)c1=O. The predicted molar refractivity (Wildman–Crippen MR) is 84.3 cm³/mol. The van der Waals surface area contributed by atoms with Gasteiger partial charge in [-0.05, 0) is 28.1 Å². The van der Waals surface area contributed by atoms with E-state index in [0.29, 0.717) is 15.0 Å². The van der Waals surface area contributed by atoms with Gasteiger partial charge in [0.2, 0.25) is 0 Å². The third kappa shape index (κ3) is 2.37. The molecule has 0 bridgehead atoms. The van der Waals surface area contributed by atoms with Crippen molar-refractivity contribution in [1.82, 2.24) is 14.8 Å². The lowest BCUT2D eigenvalue weighted by Crippen LogP contribution is -2.22. The van der Waals surface area contributed by atoms with Gasteiger partial charge in [0.15, 0.2) is 0 Å². The average Bonchev–Trinajstić information content (AvgIpc) is 2.91. The smallest absolute Gasteiger partial charge is 0.267 e. The summed E-state index contributed by atoms with van der Waals surface area (Å²) < 4.78 is 2.59. The maximum atomic E-state index is 11.9. The van der Waals surface area contributed by atoms with Crippen LogP contribution in [-0.2, 0) is 7.05 Å². The summed E-state index contributed by atoms with van der Waals surface area (Å²) in [4.78, 5) is 16.4. The number of benzene rings is 1. The molecule has 1 unspecified atom stereocenters. The van der Waals surface area contributed by atoms with E-state index in [1.807, 2.05) is 24.3 Å². The Morgan fingerprint density at radius 3 is 2.90 bits per heavy atom. The summed E-state index contributed by atoms with van der Waals surface area (Å²) in [5.41, 5.74) is 1.12. The summed E-state index contributed by atoms with van der Waals surface area (Å²) in [5.74, 6) is -0.613. The van der Waals surface area contributed by atoms with Gasteiger partial charge in [-0.1, -0.05) is 12.1 Å². The highest BCUT2D eigenvalue weighted by molar-refractivity contribution is 9.10. The summed E-state index contributed by atoms with van der Waals surface area (Å²) in [6, 6.07) is 9.91. The van der Waals surface area contributed by atoms with E-state index < -0.39 is 5.92 Å². The summed E-state index contributed by atoms with van der Waals surface area (Å²) in [6.45, 7) is 0. The lowest BCUT2D eigenvalue weighted by atomic mass is 10.0. The first kappa shape index (κ1) is 13.9. The molecule has 21 heavy (non-hydrogen) atoms. The van der Waals surface area contributed by atoms with Crippen LogP contribution in [0.3, 0.4) is 0 Å². The van der Waals surface area contributed by atoms with Crippen molar-refractivity contribution in [2.75, 3.05) is 0 Å². The van der Waals surface area contributed by atoms with Crippen LogP contribution in [0.25, 0.3) is 10.2 Å². The van der Waals surface area contributed by atoms with Gasteiger partial charge in [-0.2, -0.15) is 10.4 Å². The van der Waals surface area contributed by atoms with Crippen LogP contribution in [0.4, 0.5) is 0 Å². The molecule has 3 rings (SSSR count). The van der Waals surface area contributed by atoms with Crippen molar-refractivity contribution < 1.29 is 0 Å². The van der Waals surface area contributed by atoms with Crippen LogP contribution in [0.15, 0.2) is 39.7 Å². The Labute approximate surface area is 132 Å². The van der Waals surface area contributed by atoms with E-state index in [1.165, 1.54) is 22.2 Å². The number of hydrogen-bond donors (Lipinski definition) is 0. The summed E-state index contributed by atoms with van der Waals surface area (Å²) in [7, 11) is 1.57. The largest absolute Gasteiger partial charge is 0.281 e. The Morgan fingerprint density at radius 1 is 1.43 bits per heavy atom. The van der Waals surface area contributed by atoms with Crippen molar-refractivity contribution in [3.63, 3.8) is 0 Å². The Balaban J connectivity index is 2.17. The molecule has 2 aromatic heterocycles. The fourth-order valence-corrected chi connectivity index (χ4v) is 3.62. The van der Waals surface area contributed by atoms with E-state index in [1.54, 1.807) is 7.05 Å². The van der Waals surface area contributed by atoms with E-state index in [2.05, 4.69) is 32.1 Å². The van der Waals surface area contributed by atoms with Gasteiger partial charge < -0.3 is 0 Å². The number of aryl methyl sites for hydroxylation is 1. The van der Waals surface area contributed by atoms with Gasteiger partial charge in [0, 0.05) is 12.6 Å². The monoisotopic (exact) mass is 360 g/mol. The third-order valence-corrected chi connectivity index (χ3v) is 5.00. The zero-order chi connectivity index (χ0) is 15.0. The second-order valence-electron chi connectivity index (χ2n) is 4.42. The molecule has 0 aliphatic rings. The minimum Gasteiger partial charge on any atom is -0.267 e. The van der Waals surface area contributed by atoms with Crippen molar-refractivity contribution in [2.24, 2.45) is 7.05 Å². The molecule has 0 saturated heterocycles. The van der Waals surface area contributed by atoms with Gasteiger partial charge in [-0.3, -0.25) is 4.79 Å². The molecule has 0 saturated carbocycles. The fraction of sp³-hybridized carbons (Fsp3) is 0.143. The highest BCUT2D eigenvalue weighted by Crippen LogP contribution is 2.33. The lowest BCUT2D eigenvalue weighted by Gasteiger charge is -2.08. The first-order valence-electron chi connectivity index (χ1n) is 6.08. The Kier molecular flexibility index (Phi) is 3.57. The van der Waals surface area contributed by atoms with Gasteiger partial charge in [-0.15, -0.1) is 11.3 Å². The van der Waals surface area contributed by atoms with Gasteiger partial charge in [0.25, 0.3) is 5.56 Å². The first-order chi connectivity index (χ1) is 10.1. The Bertz CT molecular complexity index is 892. The molecule has 7 heteroatoms. The first-order valence-corrected chi connectivity index (χ1v) is 7.69. The van der Waals surface area contributed by atoms with Crippen molar-refractivity contribution in [3.05, 3.63) is 55.9 Å². The molecule has 3 aromatic rings. The van der Waals surface area contributed by atoms with Crippen LogP contribution < -0.4 is 5.56 Å². The molecule has 104 valence electrons. The van der Waals surface area contributed by atoms with Gasteiger partial charge in [0.1, 0.15) is 10.9 Å². The molecule has 1 aromatic carbocycles. The molecule has 0 aliphatic heterocycles.